The lowest BCUT2D eigenvalue weighted by molar-refractivity contribution is -0.159. The van der Waals surface area contributed by atoms with Crippen LogP contribution in [0.25, 0.3) is 0 Å². The van der Waals surface area contributed by atoms with Gasteiger partial charge in [0.25, 0.3) is 0 Å². The lowest BCUT2D eigenvalue weighted by Crippen LogP contribution is -2.69. The topological polar surface area (TPSA) is 83.6 Å². The van der Waals surface area contributed by atoms with Crippen LogP contribution in [0.15, 0.2) is 0 Å². The third kappa shape index (κ3) is 1.37. The summed E-state index contributed by atoms with van der Waals surface area (Å²) >= 11 is 1.63. The second kappa shape index (κ2) is 3.62. The van der Waals surface area contributed by atoms with E-state index >= 15 is 0 Å². The smallest absolute Gasteiger partial charge is 0.327 e. The molecule has 3 N–H and O–H groups in total. The van der Waals surface area contributed by atoms with Crippen LogP contribution in [0.1, 0.15) is 32.1 Å². The Morgan fingerprint density at radius 3 is 2.65 bits per heavy atom. The normalized spacial score (nSPS) is 39.0. The summed E-state index contributed by atoms with van der Waals surface area (Å²) < 4.78 is -0.279. The summed E-state index contributed by atoms with van der Waals surface area (Å²) in [5.74, 6) is -1.07. The third-order valence-electron chi connectivity index (χ3n) is 4.19. The number of carboxylic acid groups (broad SMARTS) is 1. The average molecular weight is 256 g/mol. The van der Waals surface area contributed by atoms with Crippen LogP contribution >= 0.6 is 11.8 Å². The maximum Gasteiger partial charge on any atom is 0.327 e. The van der Waals surface area contributed by atoms with Gasteiger partial charge in [0.15, 0.2) is 0 Å². The highest BCUT2D eigenvalue weighted by Crippen LogP contribution is 2.56. The van der Waals surface area contributed by atoms with Crippen molar-refractivity contribution in [1.29, 1.82) is 0 Å². The van der Waals surface area contributed by atoms with Crippen molar-refractivity contribution in [2.24, 2.45) is 5.73 Å². The Balaban J connectivity index is 1.94. The standard InChI is InChI=1S/C11H16N2O3S/c12-6-8(14)13-7(10(15)16)11(17-9(6)13)4-2-1-3-5-11/h6-7,9H,1-5,12H2,(H,15,16)/t6?,7?,9-/m1/s1. The number of β-lactam (4-membered cyclic amide) rings is 1. The fourth-order valence-corrected chi connectivity index (χ4v) is 5.31. The third-order valence-corrected chi connectivity index (χ3v) is 6.05. The van der Waals surface area contributed by atoms with Gasteiger partial charge in [-0.25, -0.2) is 4.79 Å². The number of fused-ring (bicyclic) bond motifs is 1. The Kier molecular flexibility index (Phi) is 2.42. The number of thioether (sulfide) groups is 1. The van der Waals surface area contributed by atoms with Crippen LogP contribution in [0, 0.1) is 0 Å². The molecule has 3 atom stereocenters. The van der Waals surface area contributed by atoms with E-state index in [0.29, 0.717) is 0 Å². The number of hydrogen-bond donors (Lipinski definition) is 2. The van der Waals surface area contributed by atoms with E-state index in [1.54, 1.807) is 11.8 Å². The lowest BCUT2D eigenvalue weighted by Gasteiger charge is -2.42. The molecule has 17 heavy (non-hydrogen) atoms. The Morgan fingerprint density at radius 2 is 2.06 bits per heavy atom. The van der Waals surface area contributed by atoms with Gasteiger partial charge in [-0.1, -0.05) is 19.3 Å². The van der Waals surface area contributed by atoms with Gasteiger partial charge in [0.2, 0.25) is 5.91 Å². The molecular formula is C11H16N2O3S. The first kappa shape index (κ1) is 11.3. The zero-order chi connectivity index (χ0) is 12.2. The largest absolute Gasteiger partial charge is 0.480 e. The molecule has 6 heteroatoms. The van der Waals surface area contributed by atoms with Crippen molar-refractivity contribution in [3.8, 4) is 0 Å². The number of aliphatic carboxylic acids is 1. The van der Waals surface area contributed by atoms with Crippen molar-refractivity contribution >= 4 is 23.6 Å². The minimum atomic E-state index is -0.873. The molecule has 1 spiro atoms. The van der Waals surface area contributed by atoms with Gasteiger partial charge in [0.05, 0.1) is 0 Å². The molecule has 2 aliphatic heterocycles. The quantitative estimate of drug-likeness (QED) is 0.663. The molecule has 0 aromatic rings. The number of nitrogens with two attached hydrogens (primary N) is 1. The predicted molar refractivity (Wildman–Crippen MR) is 63.4 cm³/mol. The zero-order valence-electron chi connectivity index (χ0n) is 9.46. The van der Waals surface area contributed by atoms with E-state index in [1.165, 1.54) is 11.3 Å². The van der Waals surface area contributed by atoms with Crippen molar-refractivity contribution in [2.75, 3.05) is 0 Å². The minimum absolute atomic E-state index is 0.110. The highest BCUT2D eigenvalue weighted by Gasteiger charge is 2.65. The highest BCUT2D eigenvalue weighted by atomic mass is 32.2. The van der Waals surface area contributed by atoms with Crippen molar-refractivity contribution in [3.05, 3.63) is 0 Å². The monoisotopic (exact) mass is 256 g/mol. The molecule has 3 rings (SSSR count). The van der Waals surface area contributed by atoms with Crippen molar-refractivity contribution < 1.29 is 14.7 Å². The van der Waals surface area contributed by atoms with Gasteiger partial charge in [-0.2, -0.15) is 0 Å². The summed E-state index contributed by atoms with van der Waals surface area (Å²) in [5, 5.41) is 9.30. The van der Waals surface area contributed by atoms with Gasteiger partial charge in [0.1, 0.15) is 17.5 Å². The van der Waals surface area contributed by atoms with E-state index in [9.17, 15) is 14.7 Å². The fourth-order valence-electron chi connectivity index (χ4n) is 3.36. The van der Waals surface area contributed by atoms with E-state index in [1.807, 2.05) is 0 Å². The van der Waals surface area contributed by atoms with Crippen molar-refractivity contribution in [1.82, 2.24) is 4.90 Å². The van der Waals surface area contributed by atoms with Gasteiger partial charge >= 0.3 is 5.97 Å². The van der Waals surface area contributed by atoms with Crippen LogP contribution in [0.2, 0.25) is 0 Å². The molecule has 2 saturated heterocycles. The van der Waals surface area contributed by atoms with E-state index < -0.39 is 18.1 Å². The summed E-state index contributed by atoms with van der Waals surface area (Å²) in [4.78, 5) is 24.7. The number of hydrogen-bond acceptors (Lipinski definition) is 4. The van der Waals surface area contributed by atoms with Crippen LogP contribution < -0.4 is 5.73 Å². The summed E-state index contributed by atoms with van der Waals surface area (Å²) in [5.41, 5.74) is 5.75. The van der Waals surface area contributed by atoms with Gasteiger partial charge in [-0.15, -0.1) is 11.8 Å². The Bertz CT molecular complexity index is 381. The van der Waals surface area contributed by atoms with E-state index in [-0.39, 0.29) is 16.0 Å². The molecule has 3 fully saturated rings. The first-order chi connectivity index (χ1) is 8.07. The van der Waals surface area contributed by atoms with E-state index in [4.69, 9.17) is 5.73 Å². The second-order valence-corrected chi connectivity index (χ2v) is 6.68. The van der Waals surface area contributed by atoms with Crippen molar-refractivity contribution in [3.63, 3.8) is 0 Å². The fraction of sp³-hybridized carbons (Fsp3) is 0.818. The molecule has 1 amide bonds. The Hall–Kier alpha value is -0.750. The first-order valence-electron chi connectivity index (χ1n) is 6.05. The number of carbonyl (C=O) groups is 2. The Morgan fingerprint density at radius 1 is 1.41 bits per heavy atom. The molecule has 0 radical (unpaired) electrons. The number of carboxylic acids is 1. The number of carbonyl (C=O) groups excluding carboxylic acids is 1. The summed E-state index contributed by atoms with van der Waals surface area (Å²) in [6.07, 6.45) is 5.06. The molecule has 0 bridgehead atoms. The number of amides is 1. The molecule has 5 nitrogen and oxygen atoms in total. The zero-order valence-corrected chi connectivity index (χ0v) is 10.3. The van der Waals surface area contributed by atoms with Crippen molar-refractivity contribution in [2.45, 2.75) is 54.3 Å². The molecule has 2 heterocycles. The first-order valence-corrected chi connectivity index (χ1v) is 6.93. The highest BCUT2D eigenvalue weighted by molar-refractivity contribution is 8.01. The van der Waals surface area contributed by atoms with Gasteiger partial charge in [-0.3, -0.25) is 4.79 Å². The molecule has 2 unspecified atom stereocenters. The van der Waals surface area contributed by atoms with Crippen LogP contribution in [0.5, 0.6) is 0 Å². The molecule has 0 aromatic heterocycles. The van der Waals surface area contributed by atoms with Gasteiger partial charge in [-0.05, 0) is 12.8 Å². The minimum Gasteiger partial charge on any atom is -0.480 e. The molecule has 94 valence electrons. The summed E-state index contributed by atoms with van der Waals surface area (Å²) in [6, 6.07) is -1.16. The molecular weight excluding hydrogens is 240 g/mol. The van der Waals surface area contributed by atoms with Crippen LogP contribution in [-0.2, 0) is 9.59 Å². The lowest BCUT2D eigenvalue weighted by atomic mass is 9.81. The van der Waals surface area contributed by atoms with Gasteiger partial charge < -0.3 is 15.7 Å². The van der Waals surface area contributed by atoms with E-state index in [2.05, 4.69) is 0 Å². The van der Waals surface area contributed by atoms with Crippen LogP contribution in [0.3, 0.4) is 0 Å². The Labute approximate surface area is 104 Å². The van der Waals surface area contributed by atoms with Crippen LogP contribution in [0.4, 0.5) is 0 Å². The molecule has 3 aliphatic rings. The predicted octanol–water partition coefficient (Wildman–Crippen LogP) is 0.385. The number of rotatable bonds is 1. The summed E-state index contributed by atoms with van der Waals surface area (Å²) in [7, 11) is 0. The molecule has 1 saturated carbocycles. The maximum absolute atomic E-state index is 11.7. The number of nitrogens with zero attached hydrogens (tertiary/aromatic N) is 1. The van der Waals surface area contributed by atoms with Crippen LogP contribution in [-0.4, -0.2) is 44.1 Å². The average Bonchev–Trinajstić information content (AvgIpc) is 2.62. The van der Waals surface area contributed by atoms with E-state index in [0.717, 1.165) is 25.7 Å². The second-order valence-electron chi connectivity index (χ2n) is 5.15. The summed E-state index contributed by atoms with van der Waals surface area (Å²) in [6.45, 7) is 0. The van der Waals surface area contributed by atoms with Gasteiger partial charge in [0, 0.05) is 4.75 Å². The molecule has 0 aromatic carbocycles. The maximum atomic E-state index is 11.7. The molecule has 1 aliphatic carbocycles. The SMILES string of the molecule is NC1C(=O)N2C(C(=O)O)C3(CCCCC3)S[C@H]12.